The summed E-state index contributed by atoms with van der Waals surface area (Å²) in [4.78, 5) is 28.0. The maximum Gasteiger partial charge on any atom is 0.408 e. The molecule has 5 rings (SSSR count). The van der Waals surface area contributed by atoms with E-state index in [9.17, 15) is 9.59 Å². The highest BCUT2D eigenvalue weighted by Gasteiger charge is 2.43. The maximum atomic E-state index is 12.9. The monoisotopic (exact) mass is 465 g/mol. The number of nitrogens with one attached hydrogen (secondary N) is 1. The van der Waals surface area contributed by atoms with Gasteiger partial charge < -0.3 is 19.7 Å². The number of carboxylic acids is 1. The first kappa shape index (κ1) is 21.5. The first-order valence-corrected chi connectivity index (χ1v) is 12.0. The molecule has 1 aliphatic carbocycles. The van der Waals surface area contributed by atoms with Gasteiger partial charge in [-0.3, -0.25) is 4.79 Å². The van der Waals surface area contributed by atoms with Crippen LogP contribution < -0.4 is 5.32 Å². The molecule has 8 nitrogen and oxygen atoms in total. The number of hydrogen-bond donors (Lipinski definition) is 2. The third kappa shape index (κ3) is 4.20. The van der Waals surface area contributed by atoms with Crippen LogP contribution in [-0.4, -0.2) is 45.4 Å². The maximum absolute atomic E-state index is 12.9. The largest absolute Gasteiger partial charge is 0.481 e. The summed E-state index contributed by atoms with van der Waals surface area (Å²) in [7, 11) is 0. The minimum Gasteiger partial charge on any atom is -0.481 e. The fourth-order valence-corrected chi connectivity index (χ4v) is 5.82. The summed E-state index contributed by atoms with van der Waals surface area (Å²) in [5, 5.41) is 15.9. The molecule has 2 heterocycles. The molecule has 0 radical (unpaired) electrons. The number of fused-ring (bicyclic) bond motifs is 3. The lowest BCUT2D eigenvalue weighted by atomic mass is 9.98. The van der Waals surface area contributed by atoms with Gasteiger partial charge in [0.1, 0.15) is 12.1 Å². The number of alkyl carbamates (subject to hydrolysis) is 1. The van der Waals surface area contributed by atoms with E-state index in [1.807, 2.05) is 24.3 Å². The van der Waals surface area contributed by atoms with E-state index in [0.717, 1.165) is 16.9 Å². The zero-order chi connectivity index (χ0) is 22.8. The van der Waals surface area contributed by atoms with Crippen molar-refractivity contribution < 1.29 is 24.0 Å². The number of hydrogen-bond acceptors (Lipinski definition) is 7. The average molecular weight is 466 g/mol. The van der Waals surface area contributed by atoms with Crippen LogP contribution in [0.3, 0.4) is 0 Å². The van der Waals surface area contributed by atoms with Crippen LogP contribution in [0.1, 0.15) is 41.6 Å². The number of aliphatic carboxylic acids is 1. The van der Waals surface area contributed by atoms with Crippen LogP contribution in [0.15, 0.2) is 53.1 Å². The minimum atomic E-state index is -0.933. The van der Waals surface area contributed by atoms with E-state index in [1.165, 1.54) is 11.1 Å². The van der Waals surface area contributed by atoms with Gasteiger partial charge in [0.2, 0.25) is 5.89 Å². The topological polar surface area (TPSA) is 115 Å². The fourth-order valence-electron chi connectivity index (χ4n) is 4.49. The molecule has 2 aromatic carbocycles. The average Bonchev–Trinajstić information content (AvgIpc) is 3.55. The van der Waals surface area contributed by atoms with Gasteiger partial charge >= 0.3 is 12.1 Å². The van der Waals surface area contributed by atoms with E-state index in [-0.39, 0.29) is 31.3 Å². The third-order valence-electron chi connectivity index (χ3n) is 6.16. The zero-order valence-corrected chi connectivity index (χ0v) is 18.6. The van der Waals surface area contributed by atoms with Crippen molar-refractivity contribution in [3.8, 4) is 11.1 Å². The van der Waals surface area contributed by atoms with Gasteiger partial charge in [0, 0.05) is 18.1 Å². The van der Waals surface area contributed by atoms with E-state index in [4.69, 9.17) is 14.4 Å². The van der Waals surface area contributed by atoms with Crippen molar-refractivity contribution in [3.63, 3.8) is 0 Å². The molecule has 1 atom stereocenters. The summed E-state index contributed by atoms with van der Waals surface area (Å²) in [6.07, 6.45) is 0.163. The molecule has 170 valence electrons. The molecule has 2 N–H and O–H groups in total. The Morgan fingerprint density at radius 2 is 1.85 bits per heavy atom. The fraction of sp³-hybridized carbons (Fsp3) is 0.333. The number of aryl methyl sites for hydroxylation is 1. The lowest BCUT2D eigenvalue weighted by molar-refractivity contribution is -0.137. The first-order chi connectivity index (χ1) is 16.1. The van der Waals surface area contributed by atoms with Gasteiger partial charge in [-0.05, 0) is 34.4 Å². The second-order valence-corrected chi connectivity index (χ2v) is 9.35. The van der Waals surface area contributed by atoms with Crippen LogP contribution in [0, 0.1) is 0 Å². The third-order valence-corrected chi connectivity index (χ3v) is 7.35. The summed E-state index contributed by atoms with van der Waals surface area (Å²) in [5.41, 5.74) is 3.86. The molecule has 1 aliphatic heterocycles. The van der Waals surface area contributed by atoms with E-state index in [2.05, 4.69) is 39.7 Å². The van der Waals surface area contributed by atoms with Crippen LogP contribution in [0.2, 0.25) is 0 Å². The van der Waals surface area contributed by atoms with Crippen LogP contribution >= 0.6 is 11.8 Å². The summed E-state index contributed by atoms with van der Waals surface area (Å²) in [5.74, 6) is 1.08. The SMILES string of the molecule is O=C(O)CCc1nc(C2(NC(=O)OCC3c4ccccc4-c4ccccc43)CCSC2)no1. The number of ether oxygens (including phenoxy) is 1. The Morgan fingerprint density at radius 3 is 2.48 bits per heavy atom. The number of nitrogens with zero attached hydrogens (tertiary/aromatic N) is 2. The Balaban J connectivity index is 1.29. The van der Waals surface area contributed by atoms with Gasteiger partial charge in [-0.1, -0.05) is 53.7 Å². The van der Waals surface area contributed by atoms with E-state index < -0.39 is 17.6 Å². The number of carboxylic acid groups (broad SMARTS) is 1. The number of benzene rings is 2. The van der Waals surface area contributed by atoms with Gasteiger partial charge in [0.25, 0.3) is 0 Å². The second-order valence-electron chi connectivity index (χ2n) is 8.24. The molecular formula is C24H23N3O5S. The molecule has 1 aromatic heterocycles. The van der Waals surface area contributed by atoms with Crippen LogP contribution in [0.5, 0.6) is 0 Å². The molecule has 3 aromatic rings. The van der Waals surface area contributed by atoms with Crippen LogP contribution in [-0.2, 0) is 21.5 Å². The Morgan fingerprint density at radius 1 is 1.15 bits per heavy atom. The van der Waals surface area contributed by atoms with Crippen LogP contribution in [0.4, 0.5) is 4.79 Å². The zero-order valence-electron chi connectivity index (χ0n) is 17.8. The van der Waals surface area contributed by atoms with Gasteiger partial charge in [-0.15, -0.1) is 0 Å². The Kier molecular flexibility index (Phi) is 5.80. The Labute approximate surface area is 194 Å². The highest BCUT2D eigenvalue weighted by Crippen LogP contribution is 2.44. The molecule has 33 heavy (non-hydrogen) atoms. The normalized spacial score (nSPS) is 19.2. The molecule has 0 spiro atoms. The molecular weight excluding hydrogens is 442 g/mol. The van der Waals surface area contributed by atoms with Crippen molar-refractivity contribution in [2.24, 2.45) is 0 Å². The number of amides is 1. The van der Waals surface area contributed by atoms with Crippen molar-refractivity contribution in [1.82, 2.24) is 15.5 Å². The predicted molar refractivity (Wildman–Crippen MR) is 122 cm³/mol. The van der Waals surface area contributed by atoms with E-state index in [1.54, 1.807) is 11.8 Å². The predicted octanol–water partition coefficient (Wildman–Crippen LogP) is 3.96. The van der Waals surface area contributed by atoms with Crippen molar-refractivity contribution in [3.05, 3.63) is 71.4 Å². The minimum absolute atomic E-state index is 0.0233. The van der Waals surface area contributed by atoms with Crippen molar-refractivity contribution >= 4 is 23.8 Å². The van der Waals surface area contributed by atoms with Gasteiger partial charge in [0.05, 0.1) is 6.42 Å². The van der Waals surface area contributed by atoms with E-state index in [0.29, 0.717) is 18.0 Å². The van der Waals surface area contributed by atoms with Gasteiger partial charge in [-0.25, -0.2) is 4.79 Å². The molecule has 2 aliphatic rings. The summed E-state index contributed by atoms with van der Waals surface area (Å²) >= 11 is 1.68. The smallest absolute Gasteiger partial charge is 0.408 e. The molecule has 0 saturated carbocycles. The van der Waals surface area contributed by atoms with Crippen molar-refractivity contribution in [1.29, 1.82) is 0 Å². The van der Waals surface area contributed by atoms with Gasteiger partial charge in [0.15, 0.2) is 5.82 Å². The molecule has 9 heteroatoms. The number of carbonyl (C=O) groups is 2. The number of thioether (sulfide) groups is 1. The molecule has 0 bridgehead atoms. The highest BCUT2D eigenvalue weighted by atomic mass is 32.2. The lowest BCUT2D eigenvalue weighted by Gasteiger charge is -2.26. The molecule has 1 amide bonds. The number of carbonyl (C=O) groups excluding carboxylic acids is 1. The second kappa shape index (κ2) is 8.90. The summed E-state index contributed by atoms with van der Waals surface area (Å²) < 4.78 is 10.9. The number of rotatable bonds is 7. The number of aromatic nitrogens is 2. The highest BCUT2D eigenvalue weighted by molar-refractivity contribution is 7.99. The molecule has 1 saturated heterocycles. The molecule has 1 unspecified atom stereocenters. The van der Waals surface area contributed by atoms with Crippen molar-refractivity contribution in [2.75, 3.05) is 18.1 Å². The van der Waals surface area contributed by atoms with Crippen LogP contribution in [0.25, 0.3) is 11.1 Å². The lowest BCUT2D eigenvalue weighted by Crippen LogP contribution is -2.47. The standard InChI is InChI=1S/C24H23N3O5S/c28-21(29)10-9-20-25-22(27-32-20)24(11-12-33-14-24)26-23(30)31-13-19-17-7-3-1-5-15(17)16-6-2-4-8-18(16)19/h1-8,19H,9-14H2,(H,26,30)(H,28,29). The quantitative estimate of drug-likeness (QED) is 0.539. The van der Waals surface area contributed by atoms with Crippen molar-refractivity contribution in [2.45, 2.75) is 30.7 Å². The summed E-state index contributed by atoms with van der Waals surface area (Å²) in [6.45, 7) is 0.221. The Hall–Kier alpha value is -3.33. The van der Waals surface area contributed by atoms with Gasteiger partial charge in [-0.2, -0.15) is 16.7 Å². The Bertz CT molecular complexity index is 1140. The molecule has 1 fully saturated rings. The van der Waals surface area contributed by atoms with E-state index >= 15 is 0 Å². The first-order valence-electron chi connectivity index (χ1n) is 10.8. The summed E-state index contributed by atoms with van der Waals surface area (Å²) in [6, 6.07) is 16.4.